The molecule has 0 radical (unpaired) electrons. The van der Waals surface area contributed by atoms with E-state index in [2.05, 4.69) is 26.8 Å². The monoisotopic (exact) mass is 404 g/mol. The highest BCUT2D eigenvalue weighted by Crippen LogP contribution is 2.36. The van der Waals surface area contributed by atoms with E-state index in [0.29, 0.717) is 42.7 Å². The third kappa shape index (κ3) is 5.45. The largest absolute Gasteiger partial charge is 0.497 e. The smallest absolute Gasteiger partial charge is 0.252 e. The van der Waals surface area contributed by atoms with Gasteiger partial charge in [-0.2, -0.15) is 10.2 Å². The molecule has 30 heavy (non-hydrogen) atoms. The van der Waals surface area contributed by atoms with Gasteiger partial charge in [-0.1, -0.05) is 30.3 Å². The van der Waals surface area contributed by atoms with Gasteiger partial charge in [-0.25, -0.2) is 0 Å². The highest BCUT2D eigenvalue weighted by atomic mass is 16.5. The summed E-state index contributed by atoms with van der Waals surface area (Å²) in [6.45, 7) is 0.387. The minimum Gasteiger partial charge on any atom is -0.497 e. The van der Waals surface area contributed by atoms with Gasteiger partial charge in [0.05, 0.1) is 7.11 Å². The molecule has 2 aromatic rings. The molecular formula is C23H24N4O3. The van der Waals surface area contributed by atoms with Crippen molar-refractivity contribution in [2.24, 2.45) is 10.2 Å². The van der Waals surface area contributed by atoms with E-state index in [9.17, 15) is 9.59 Å². The molecule has 0 aromatic heterocycles. The third-order valence-electron chi connectivity index (χ3n) is 4.90. The molecule has 1 heterocycles. The van der Waals surface area contributed by atoms with Crippen LogP contribution in [0.1, 0.15) is 41.2 Å². The number of carbonyl (C=O) groups is 2. The Balaban J connectivity index is 1.64. The summed E-state index contributed by atoms with van der Waals surface area (Å²) in [7, 11) is 1.56. The maximum absolute atomic E-state index is 12.9. The van der Waals surface area contributed by atoms with E-state index >= 15 is 0 Å². The fraction of sp³-hybridized carbons (Fsp3) is 0.304. The van der Waals surface area contributed by atoms with Crippen LogP contribution in [-0.4, -0.2) is 31.1 Å². The van der Waals surface area contributed by atoms with E-state index in [4.69, 9.17) is 11.2 Å². The Bertz CT molecular complexity index is 943. The van der Waals surface area contributed by atoms with Gasteiger partial charge >= 0.3 is 0 Å². The lowest BCUT2D eigenvalue weighted by molar-refractivity contribution is -0.123. The van der Waals surface area contributed by atoms with E-state index < -0.39 is 11.7 Å². The maximum atomic E-state index is 12.9. The number of ether oxygens (including phenoxy) is 1. The summed E-state index contributed by atoms with van der Waals surface area (Å²) >= 11 is 0. The zero-order chi connectivity index (χ0) is 21.4. The van der Waals surface area contributed by atoms with Gasteiger partial charge in [0.2, 0.25) is 5.91 Å². The molecule has 154 valence electrons. The first-order chi connectivity index (χ1) is 14.6. The fourth-order valence-electron chi connectivity index (χ4n) is 3.06. The summed E-state index contributed by atoms with van der Waals surface area (Å²) in [6.07, 6.45) is 7.15. The molecule has 1 aliphatic heterocycles. The number of terminal acetylenes is 1. The van der Waals surface area contributed by atoms with Crippen molar-refractivity contribution in [3.63, 3.8) is 0 Å². The lowest BCUT2D eigenvalue weighted by Crippen LogP contribution is -2.41. The highest BCUT2D eigenvalue weighted by molar-refractivity contribution is 5.98. The van der Waals surface area contributed by atoms with Gasteiger partial charge in [0.25, 0.3) is 5.91 Å². The SMILES string of the molecule is C#CCCC1(CCNC(=O)C(NC(=O)c2ccc(OC)cc2)c2ccccc2)N=N1. The van der Waals surface area contributed by atoms with Crippen LogP contribution in [-0.2, 0) is 4.79 Å². The minimum absolute atomic E-state index is 0.296. The van der Waals surface area contributed by atoms with E-state index in [1.54, 1.807) is 43.5 Å². The molecule has 7 nitrogen and oxygen atoms in total. The molecule has 1 unspecified atom stereocenters. The van der Waals surface area contributed by atoms with Gasteiger partial charge in [-0.05, 0) is 29.8 Å². The van der Waals surface area contributed by atoms with Crippen LogP contribution in [0.3, 0.4) is 0 Å². The van der Waals surface area contributed by atoms with Crippen LogP contribution < -0.4 is 15.4 Å². The Labute approximate surface area is 175 Å². The summed E-state index contributed by atoms with van der Waals surface area (Å²) in [5, 5.41) is 13.8. The number of amides is 2. The number of hydrogen-bond acceptors (Lipinski definition) is 5. The second-order valence-electron chi connectivity index (χ2n) is 6.97. The third-order valence-corrected chi connectivity index (χ3v) is 4.90. The van der Waals surface area contributed by atoms with Gasteiger partial charge in [0.15, 0.2) is 5.66 Å². The molecule has 0 fully saturated rings. The highest BCUT2D eigenvalue weighted by Gasteiger charge is 2.38. The number of nitrogens with zero attached hydrogens (tertiary/aromatic N) is 2. The first-order valence-electron chi connectivity index (χ1n) is 9.72. The average Bonchev–Trinajstić information content (AvgIpc) is 3.56. The lowest BCUT2D eigenvalue weighted by Gasteiger charge is -2.19. The first-order valence-corrected chi connectivity index (χ1v) is 9.72. The number of benzene rings is 2. The Kier molecular flexibility index (Phi) is 6.81. The second-order valence-corrected chi connectivity index (χ2v) is 6.97. The quantitative estimate of drug-likeness (QED) is 0.596. The molecule has 0 aliphatic carbocycles. The van der Waals surface area contributed by atoms with Gasteiger partial charge < -0.3 is 15.4 Å². The molecule has 0 bridgehead atoms. The molecule has 0 spiro atoms. The molecule has 3 rings (SSSR count). The number of nitrogens with one attached hydrogen (secondary N) is 2. The Morgan fingerprint density at radius 3 is 2.40 bits per heavy atom. The Morgan fingerprint density at radius 2 is 1.80 bits per heavy atom. The molecule has 2 amide bonds. The van der Waals surface area contributed by atoms with Crippen LogP contribution in [0.15, 0.2) is 64.8 Å². The molecule has 0 saturated carbocycles. The fourth-order valence-corrected chi connectivity index (χ4v) is 3.06. The van der Waals surface area contributed by atoms with Crippen LogP contribution in [0.5, 0.6) is 5.75 Å². The summed E-state index contributed by atoms with van der Waals surface area (Å²) in [5.41, 5.74) is 0.668. The Morgan fingerprint density at radius 1 is 1.10 bits per heavy atom. The van der Waals surface area contributed by atoms with E-state index in [1.165, 1.54) is 0 Å². The van der Waals surface area contributed by atoms with Crippen molar-refractivity contribution >= 4 is 11.8 Å². The van der Waals surface area contributed by atoms with Crippen molar-refractivity contribution in [1.29, 1.82) is 0 Å². The van der Waals surface area contributed by atoms with Crippen molar-refractivity contribution in [1.82, 2.24) is 10.6 Å². The zero-order valence-electron chi connectivity index (χ0n) is 16.8. The van der Waals surface area contributed by atoms with Gasteiger partial charge in [-0.3, -0.25) is 9.59 Å². The average molecular weight is 404 g/mol. The molecule has 1 aliphatic rings. The van der Waals surface area contributed by atoms with Crippen molar-refractivity contribution in [3.8, 4) is 18.1 Å². The molecule has 2 aromatic carbocycles. The molecule has 1 atom stereocenters. The van der Waals surface area contributed by atoms with Crippen LogP contribution in [0, 0.1) is 12.3 Å². The number of carbonyl (C=O) groups excluding carboxylic acids is 2. The number of rotatable bonds is 10. The van der Waals surface area contributed by atoms with Crippen LogP contribution in [0.4, 0.5) is 0 Å². The van der Waals surface area contributed by atoms with Crippen LogP contribution >= 0.6 is 0 Å². The standard InChI is InChI=1S/C23H24N4O3/c1-3-4-14-23(26-27-23)15-16-24-22(29)20(17-8-6-5-7-9-17)25-21(28)18-10-12-19(30-2)13-11-18/h1,5-13,20H,4,14-16H2,2H3,(H,24,29)(H,25,28). The van der Waals surface area contributed by atoms with E-state index in [1.807, 2.05) is 18.2 Å². The molecule has 7 heteroatoms. The minimum atomic E-state index is -0.824. The predicted octanol–water partition coefficient (Wildman–Crippen LogP) is 3.25. The molecule has 2 N–H and O–H groups in total. The van der Waals surface area contributed by atoms with Crippen molar-refractivity contribution in [2.45, 2.75) is 31.0 Å². The van der Waals surface area contributed by atoms with E-state index in [-0.39, 0.29) is 11.8 Å². The summed E-state index contributed by atoms with van der Waals surface area (Å²) in [6, 6.07) is 15.0. The first kappa shape index (κ1) is 21.1. The zero-order valence-corrected chi connectivity index (χ0v) is 16.8. The van der Waals surface area contributed by atoms with Crippen LogP contribution in [0.2, 0.25) is 0 Å². The van der Waals surface area contributed by atoms with Crippen molar-refractivity contribution in [3.05, 3.63) is 65.7 Å². The van der Waals surface area contributed by atoms with Crippen molar-refractivity contribution in [2.75, 3.05) is 13.7 Å². The molecular weight excluding hydrogens is 380 g/mol. The van der Waals surface area contributed by atoms with Crippen LogP contribution in [0.25, 0.3) is 0 Å². The summed E-state index contributed by atoms with van der Waals surface area (Å²) in [4.78, 5) is 25.6. The topological polar surface area (TPSA) is 92.2 Å². The van der Waals surface area contributed by atoms with E-state index in [0.717, 1.165) is 0 Å². The molecule has 0 saturated heterocycles. The second kappa shape index (κ2) is 9.70. The number of methoxy groups -OCH3 is 1. The Hall–Kier alpha value is -3.66. The summed E-state index contributed by atoms with van der Waals surface area (Å²) < 4.78 is 5.12. The van der Waals surface area contributed by atoms with Gasteiger partial charge in [-0.15, -0.1) is 12.3 Å². The van der Waals surface area contributed by atoms with Gasteiger partial charge in [0, 0.05) is 31.4 Å². The summed E-state index contributed by atoms with van der Waals surface area (Å²) in [5.74, 6) is 2.59. The van der Waals surface area contributed by atoms with Gasteiger partial charge in [0.1, 0.15) is 11.8 Å². The predicted molar refractivity (Wildman–Crippen MR) is 113 cm³/mol. The normalized spacial score (nSPS) is 14.3. The van der Waals surface area contributed by atoms with Crippen molar-refractivity contribution < 1.29 is 14.3 Å². The lowest BCUT2D eigenvalue weighted by atomic mass is 10.0. The number of hydrogen-bond donors (Lipinski definition) is 2. The maximum Gasteiger partial charge on any atom is 0.252 e.